The van der Waals surface area contributed by atoms with Gasteiger partial charge >= 0.3 is 0 Å². The Labute approximate surface area is 180 Å². The fraction of sp³-hybridized carbons (Fsp3) is 0.391. The summed E-state index contributed by atoms with van der Waals surface area (Å²) in [5.74, 6) is 0.956. The van der Waals surface area contributed by atoms with Gasteiger partial charge in [-0.3, -0.25) is 9.59 Å². The normalized spacial score (nSPS) is 15.5. The average molecular weight is 459 g/mol. The number of halogens is 1. The molecule has 0 aliphatic carbocycles. The summed E-state index contributed by atoms with van der Waals surface area (Å²) in [6.07, 6.45) is 0.905. The molecule has 0 spiro atoms. The van der Waals surface area contributed by atoms with Crippen LogP contribution in [0.15, 0.2) is 46.9 Å². The van der Waals surface area contributed by atoms with Crippen molar-refractivity contribution in [3.05, 3.63) is 52.5 Å². The van der Waals surface area contributed by atoms with Gasteiger partial charge in [0, 0.05) is 28.3 Å². The van der Waals surface area contributed by atoms with E-state index in [1.54, 1.807) is 18.2 Å². The van der Waals surface area contributed by atoms with Crippen LogP contribution in [0, 0.1) is 11.3 Å². The van der Waals surface area contributed by atoms with Crippen LogP contribution in [0.3, 0.4) is 0 Å². The van der Waals surface area contributed by atoms with E-state index in [4.69, 9.17) is 4.74 Å². The zero-order chi connectivity index (χ0) is 21.2. The maximum atomic E-state index is 13.1. The third kappa shape index (κ3) is 4.99. The van der Waals surface area contributed by atoms with Crippen LogP contribution < -0.4 is 15.0 Å². The van der Waals surface area contributed by atoms with E-state index in [0.29, 0.717) is 36.1 Å². The molecule has 0 saturated heterocycles. The number of hydrogen-bond acceptors (Lipinski definition) is 3. The molecule has 0 fully saturated rings. The second-order valence-corrected chi connectivity index (χ2v) is 9.37. The summed E-state index contributed by atoms with van der Waals surface area (Å²) in [6, 6.07) is 12.7. The molecule has 29 heavy (non-hydrogen) atoms. The number of nitrogens with one attached hydrogen (secondary N) is 1. The summed E-state index contributed by atoms with van der Waals surface area (Å²) in [7, 11) is 0. The molecule has 0 unspecified atom stereocenters. The topological polar surface area (TPSA) is 58.6 Å². The van der Waals surface area contributed by atoms with Crippen LogP contribution in [-0.2, 0) is 4.79 Å². The molecule has 0 bridgehead atoms. The minimum atomic E-state index is -0.615. The monoisotopic (exact) mass is 458 g/mol. The van der Waals surface area contributed by atoms with Gasteiger partial charge in [0.25, 0.3) is 5.91 Å². The molecule has 5 nitrogen and oxygen atoms in total. The third-order valence-electron chi connectivity index (χ3n) is 4.94. The molecule has 6 heteroatoms. The molecule has 1 aliphatic rings. The van der Waals surface area contributed by atoms with Gasteiger partial charge in [0.2, 0.25) is 5.91 Å². The maximum absolute atomic E-state index is 13.1. The van der Waals surface area contributed by atoms with Crippen molar-refractivity contribution in [1.82, 2.24) is 0 Å². The van der Waals surface area contributed by atoms with Crippen molar-refractivity contribution < 1.29 is 14.3 Å². The highest BCUT2D eigenvalue weighted by atomic mass is 79.9. The SMILES string of the molecule is CC(C)CCN1C(=O)C(C)(C)COc2cc(NC(=O)c3cccc(Br)c3)ccc21. The number of rotatable bonds is 5. The van der Waals surface area contributed by atoms with Gasteiger partial charge in [-0.15, -0.1) is 0 Å². The molecular weight excluding hydrogens is 432 g/mol. The quantitative estimate of drug-likeness (QED) is 0.643. The number of carbonyl (C=O) groups excluding carboxylic acids is 2. The van der Waals surface area contributed by atoms with Crippen LogP contribution in [0.25, 0.3) is 0 Å². The zero-order valence-corrected chi connectivity index (χ0v) is 18.9. The molecule has 0 radical (unpaired) electrons. The van der Waals surface area contributed by atoms with Gasteiger partial charge in [0.15, 0.2) is 0 Å². The van der Waals surface area contributed by atoms with E-state index in [2.05, 4.69) is 35.1 Å². The summed E-state index contributed by atoms with van der Waals surface area (Å²) < 4.78 is 6.84. The van der Waals surface area contributed by atoms with Gasteiger partial charge in [0.1, 0.15) is 12.4 Å². The molecule has 2 aromatic rings. The summed E-state index contributed by atoms with van der Waals surface area (Å²) in [6.45, 7) is 9.02. The Morgan fingerprint density at radius 2 is 2.00 bits per heavy atom. The van der Waals surface area contributed by atoms with E-state index in [1.807, 2.05) is 43.0 Å². The van der Waals surface area contributed by atoms with Gasteiger partial charge < -0.3 is 15.0 Å². The molecular formula is C23H27BrN2O3. The van der Waals surface area contributed by atoms with Crippen molar-refractivity contribution >= 4 is 39.1 Å². The minimum absolute atomic E-state index is 0.0582. The van der Waals surface area contributed by atoms with E-state index in [0.717, 1.165) is 16.6 Å². The maximum Gasteiger partial charge on any atom is 0.255 e. The third-order valence-corrected chi connectivity index (χ3v) is 5.43. The Hall–Kier alpha value is -2.34. The Kier molecular flexibility index (Phi) is 6.32. The predicted octanol–water partition coefficient (Wildman–Crippen LogP) is 5.50. The van der Waals surface area contributed by atoms with Crippen molar-refractivity contribution in [3.63, 3.8) is 0 Å². The lowest BCUT2D eigenvalue weighted by Gasteiger charge is -2.28. The number of anilines is 2. The highest BCUT2D eigenvalue weighted by molar-refractivity contribution is 9.10. The van der Waals surface area contributed by atoms with Gasteiger partial charge in [-0.2, -0.15) is 0 Å². The zero-order valence-electron chi connectivity index (χ0n) is 17.3. The van der Waals surface area contributed by atoms with E-state index in [1.165, 1.54) is 0 Å². The second-order valence-electron chi connectivity index (χ2n) is 8.46. The Bertz CT molecular complexity index is 924. The lowest BCUT2D eigenvalue weighted by molar-refractivity contribution is -0.127. The fourth-order valence-electron chi connectivity index (χ4n) is 3.17. The van der Waals surface area contributed by atoms with Crippen LogP contribution in [0.4, 0.5) is 11.4 Å². The first-order valence-electron chi connectivity index (χ1n) is 9.83. The van der Waals surface area contributed by atoms with Crippen LogP contribution in [0.5, 0.6) is 5.75 Å². The van der Waals surface area contributed by atoms with E-state index >= 15 is 0 Å². The van der Waals surface area contributed by atoms with E-state index in [-0.39, 0.29) is 11.8 Å². The van der Waals surface area contributed by atoms with Gasteiger partial charge in [-0.25, -0.2) is 0 Å². The lowest BCUT2D eigenvalue weighted by Crippen LogP contribution is -2.42. The van der Waals surface area contributed by atoms with Crippen molar-refractivity contribution in [3.8, 4) is 5.75 Å². The smallest absolute Gasteiger partial charge is 0.255 e. The molecule has 0 saturated carbocycles. The van der Waals surface area contributed by atoms with Crippen molar-refractivity contribution in [1.29, 1.82) is 0 Å². The molecule has 1 aliphatic heterocycles. The number of carbonyl (C=O) groups is 2. The predicted molar refractivity (Wildman–Crippen MR) is 120 cm³/mol. The van der Waals surface area contributed by atoms with Gasteiger partial charge in [0.05, 0.1) is 11.1 Å². The summed E-state index contributed by atoms with van der Waals surface area (Å²) in [5.41, 5.74) is 1.33. The van der Waals surface area contributed by atoms with Crippen LogP contribution in [0.2, 0.25) is 0 Å². The first-order valence-corrected chi connectivity index (χ1v) is 10.6. The van der Waals surface area contributed by atoms with Crippen molar-refractivity contribution in [2.75, 3.05) is 23.4 Å². The van der Waals surface area contributed by atoms with Gasteiger partial charge in [-0.05, 0) is 56.5 Å². The molecule has 0 aromatic heterocycles. The molecule has 2 aromatic carbocycles. The molecule has 0 atom stereocenters. The summed E-state index contributed by atoms with van der Waals surface area (Å²) in [5, 5.41) is 2.91. The molecule has 154 valence electrons. The lowest BCUT2D eigenvalue weighted by atomic mass is 9.92. The summed E-state index contributed by atoms with van der Waals surface area (Å²) in [4.78, 5) is 27.5. The van der Waals surface area contributed by atoms with Crippen LogP contribution in [-0.4, -0.2) is 25.0 Å². The molecule has 3 rings (SSSR count). The first kappa shape index (κ1) is 21.4. The minimum Gasteiger partial charge on any atom is -0.490 e. The average Bonchev–Trinajstić information content (AvgIpc) is 2.75. The number of nitrogens with zero attached hydrogens (tertiary/aromatic N) is 1. The highest BCUT2D eigenvalue weighted by Crippen LogP contribution is 2.38. The van der Waals surface area contributed by atoms with Crippen LogP contribution in [0.1, 0.15) is 44.5 Å². The second kappa shape index (κ2) is 8.57. The fourth-order valence-corrected chi connectivity index (χ4v) is 3.57. The Balaban J connectivity index is 1.88. The number of hydrogen-bond donors (Lipinski definition) is 1. The molecule has 1 heterocycles. The van der Waals surface area contributed by atoms with Crippen LogP contribution >= 0.6 is 15.9 Å². The van der Waals surface area contributed by atoms with Gasteiger partial charge in [-0.1, -0.05) is 35.8 Å². The van der Waals surface area contributed by atoms with E-state index < -0.39 is 5.41 Å². The molecule has 2 amide bonds. The number of ether oxygens (including phenoxy) is 1. The Morgan fingerprint density at radius 1 is 1.24 bits per heavy atom. The largest absolute Gasteiger partial charge is 0.490 e. The Morgan fingerprint density at radius 3 is 2.69 bits per heavy atom. The number of amides is 2. The standard InChI is InChI=1S/C23H27BrN2O3/c1-15(2)10-11-26-19-9-8-18(13-20(19)29-14-23(3,4)22(26)28)25-21(27)16-6-5-7-17(24)12-16/h5-9,12-13,15H,10-11,14H2,1-4H3,(H,25,27). The number of fused-ring (bicyclic) bond motifs is 1. The van der Waals surface area contributed by atoms with Crippen molar-refractivity contribution in [2.45, 2.75) is 34.1 Å². The highest BCUT2D eigenvalue weighted by Gasteiger charge is 2.37. The number of benzene rings is 2. The summed E-state index contributed by atoms with van der Waals surface area (Å²) >= 11 is 3.38. The molecule has 1 N–H and O–H groups in total. The van der Waals surface area contributed by atoms with E-state index in [9.17, 15) is 9.59 Å². The van der Waals surface area contributed by atoms with Crippen molar-refractivity contribution in [2.24, 2.45) is 11.3 Å². The first-order chi connectivity index (χ1) is 13.7.